The zero-order valence-electron chi connectivity index (χ0n) is 12.9. The molecule has 0 saturated heterocycles. The van der Waals surface area contributed by atoms with E-state index in [1.54, 1.807) is 12.1 Å². The number of carbonyl (C=O) groups is 1. The molecule has 3 nitrogen and oxygen atoms in total. The molecule has 24 heavy (non-hydrogen) atoms. The fourth-order valence-electron chi connectivity index (χ4n) is 2.95. The first-order chi connectivity index (χ1) is 11.5. The van der Waals surface area contributed by atoms with Crippen molar-refractivity contribution < 1.29 is 13.6 Å². The van der Waals surface area contributed by atoms with Crippen LogP contribution >= 0.6 is 11.6 Å². The first-order valence-corrected chi connectivity index (χ1v) is 8.13. The molecule has 1 fully saturated rings. The maximum absolute atomic E-state index is 13.6. The first kappa shape index (κ1) is 16.7. The molecule has 0 spiro atoms. The second kappa shape index (κ2) is 6.77. The molecule has 0 radical (unpaired) electrons. The van der Waals surface area contributed by atoms with Crippen LogP contribution < -0.4 is 10.6 Å². The summed E-state index contributed by atoms with van der Waals surface area (Å²) in [6.07, 6.45) is 3.30. The number of urea groups is 1. The fourth-order valence-corrected chi connectivity index (χ4v) is 3.07. The summed E-state index contributed by atoms with van der Waals surface area (Å²) in [5, 5.41) is 5.81. The van der Waals surface area contributed by atoms with E-state index in [0.29, 0.717) is 11.4 Å². The Labute approximate surface area is 144 Å². The zero-order chi connectivity index (χ0) is 17.2. The minimum Gasteiger partial charge on any atom is -0.332 e. The molecule has 2 aromatic rings. The van der Waals surface area contributed by atoms with Gasteiger partial charge >= 0.3 is 6.03 Å². The van der Waals surface area contributed by atoms with Crippen LogP contribution in [0.15, 0.2) is 42.5 Å². The zero-order valence-corrected chi connectivity index (χ0v) is 13.7. The largest absolute Gasteiger partial charge is 0.332 e. The molecule has 0 aromatic heterocycles. The van der Waals surface area contributed by atoms with Gasteiger partial charge in [-0.3, -0.25) is 0 Å². The lowest BCUT2D eigenvalue weighted by Crippen LogP contribution is -2.56. The predicted octanol–water partition coefficient (Wildman–Crippen LogP) is 4.91. The molecule has 0 heterocycles. The van der Waals surface area contributed by atoms with Crippen molar-refractivity contribution in [2.24, 2.45) is 0 Å². The molecular formula is C18H17ClF2N2O. The third-order valence-corrected chi connectivity index (χ3v) is 4.60. The molecule has 126 valence electrons. The Morgan fingerprint density at radius 1 is 1.08 bits per heavy atom. The second-order valence-corrected chi connectivity index (χ2v) is 6.55. The highest BCUT2D eigenvalue weighted by Crippen LogP contribution is 2.35. The Hall–Kier alpha value is -2.14. The molecule has 0 atom stereocenters. The van der Waals surface area contributed by atoms with Crippen molar-refractivity contribution in [2.75, 3.05) is 5.32 Å². The van der Waals surface area contributed by atoms with E-state index >= 15 is 0 Å². The Bertz CT molecular complexity index is 725. The summed E-state index contributed by atoms with van der Waals surface area (Å²) in [7, 11) is 0. The Morgan fingerprint density at radius 2 is 1.71 bits per heavy atom. The van der Waals surface area contributed by atoms with Crippen LogP contribution in [0, 0.1) is 11.6 Å². The molecule has 1 saturated carbocycles. The molecule has 3 rings (SSSR count). The molecule has 0 bridgehead atoms. The summed E-state index contributed by atoms with van der Waals surface area (Å²) in [4.78, 5) is 12.2. The van der Waals surface area contributed by atoms with E-state index in [9.17, 15) is 13.6 Å². The monoisotopic (exact) mass is 350 g/mol. The summed E-state index contributed by atoms with van der Waals surface area (Å²) in [6.45, 7) is 0. The van der Waals surface area contributed by atoms with Crippen molar-refractivity contribution in [1.82, 2.24) is 5.32 Å². The first-order valence-electron chi connectivity index (χ1n) is 7.75. The quantitative estimate of drug-likeness (QED) is 0.808. The molecular weight excluding hydrogens is 334 g/mol. The van der Waals surface area contributed by atoms with Crippen LogP contribution in [-0.4, -0.2) is 11.6 Å². The number of amides is 2. The number of halogens is 3. The van der Waals surface area contributed by atoms with Gasteiger partial charge in [-0.1, -0.05) is 29.8 Å². The minimum absolute atomic E-state index is 0.389. The highest BCUT2D eigenvalue weighted by molar-refractivity contribution is 6.30. The number of benzene rings is 2. The Morgan fingerprint density at radius 3 is 2.25 bits per heavy atom. The molecule has 6 heteroatoms. The van der Waals surface area contributed by atoms with Crippen molar-refractivity contribution in [3.05, 3.63) is 64.7 Å². The summed E-state index contributed by atoms with van der Waals surface area (Å²) in [5.41, 5.74) is 0.229. The van der Waals surface area contributed by atoms with Gasteiger partial charge in [-0.25, -0.2) is 13.6 Å². The average molecular weight is 351 g/mol. The van der Waals surface area contributed by atoms with E-state index in [0.717, 1.165) is 37.0 Å². The normalized spacial score (nSPS) is 15.5. The molecule has 0 unspecified atom stereocenters. The lowest BCUT2D eigenvalue weighted by Gasteiger charge is -2.42. The van der Waals surface area contributed by atoms with Crippen molar-refractivity contribution in [1.29, 1.82) is 0 Å². The standard InChI is InChI=1S/C18H17ClF2N2O/c19-13-7-5-12(6-8-13)11-18(9-2-10-18)23-17(24)22-16-14(20)3-1-4-15(16)21/h1,3-8H,2,9-11H2,(H2,22,23,24). The lowest BCUT2D eigenvalue weighted by molar-refractivity contribution is 0.183. The van der Waals surface area contributed by atoms with Crippen LogP contribution in [0.3, 0.4) is 0 Å². The van der Waals surface area contributed by atoms with Crippen LogP contribution in [-0.2, 0) is 6.42 Å². The van der Waals surface area contributed by atoms with E-state index in [2.05, 4.69) is 10.6 Å². The van der Waals surface area contributed by atoms with Gasteiger partial charge in [0.25, 0.3) is 0 Å². The minimum atomic E-state index is -0.800. The van der Waals surface area contributed by atoms with E-state index in [1.165, 1.54) is 6.07 Å². The Balaban J connectivity index is 1.68. The molecule has 2 amide bonds. The summed E-state index contributed by atoms with van der Waals surface area (Å²) >= 11 is 5.88. The Kier molecular flexibility index (Phi) is 4.71. The molecule has 2 aromatic carbocycles. The third kappa shape index (κ3) is 3.67. The van der Waals surface area contributed by atoms with Crippen LogP contribution in [0.4, 0.5) is 19.3 Å². The van der Waals surface area contributed by atoms with Gasteiger partial charge in [-0.2, -0.15) is 0 Å². The molecule has 2 N–H and O–H groups in total. The van der Waals surface area contributed by atoms with Crippen molar-refractivity contribution in [2.45, 2.75) is 31.2 Å². The molecule has 1 aliphatic carbocycles. The van der Waals surface area contributed by atoms with Gasteiger partial charge in [-0.15, -0.1) is 0 Å². The SMILES string of the molecule is O=C(Nc1c(F)cccc1F)NC1(Cc2ccc(Cl)cc2)CCC1. The van der Waals surface area contributed by atoms with Crippen LogP contribution in [0.2, 0.25) is 5.02 Å². The van der Waals surface area contributed by atoms with Gasteiger partial charge in [0.15, 0.2) is 0 Å². The van der Waals surface area contributed by atoms with E-state index in [-0.39, 0.29) is 5.54 Å². The highest BCUT2D eigenvalue weighted by atomic mass is 35.5. The number of anilines is 1. The topological polar surface area (TPSA) is 41.1 Å². The average Bonchev–Trinajstić information content (AvgIpc) is 2.51. The second-order valence-electron chi connectivity index (χ2n) is 6.11. The van der Waals surface area contributed by atoms with Gasteiger partial charge in [0.2, 0.25) is 0 Å². The summed E-state index contributed by atoms with van der Waals surface area (Å²) < 4.78 is 27.3. The van der Waals surface area contributed by atoms with Gasteiger partial charge in [0.05, 0.1) is 0 Å². The van der Waals surface area contributed by atoms with Crippen LogP contribution in [0.25, 0.3) is 0 Å². The molecule has 0 aliphatic heterocycles. The van der Waals surface area contributed by atoms with E-state index < -0.39 is 23.4 Å². The maximum Gasteiger partial charge on any atom is 0.319 e. The number of rotatable bonds is 4. The summed E-state index contributed by atoms with van der Waals surface area (Å²) in [6, 6.07) is 10.3. The van der Waals surface area contributed by atoms with Gasteiger partial charge in [0.1, 0.15) is 17.3 Å². The number of nitrogens with one attached hydrogen (secondary N) is 2. The number of para-hydroxylation sites is 1. The maximum atomic E-state index is 13.6. The predicted molar refractivity (Wildman–Crippen MR) is 90.3 cm³/mol. The number of hydrogen-bond acceptors (Lipinski definition) is 1. The van der Waals surface area contributed by atoms with Crippen molar-refractivity contribution in [3.63, 3.8) is 0 Å². The van der Waals surface area contributed by atoms with Gasteiger partial charge in [0, 0.05) is 10.6 Å². The van der Waals surface area contributed by atoms with Gasteiger partial charge in [-0.05, 0) is 55.5 Å². The third-order valence-electron chi connectivity index (χ3n) is 4.35. The lowest BCUT2D eigenvalue weighted by atomic mass is 9.73. The van der Waals surface area contributed by atoms with Crippen molar-refractivity contribution in [3.8, 4) is 0 Å². The molecule has 1 aliphatic rings. The van der Waals surface area contributed by atoms with Crippen LogP contribution in [0.5, 0.6) is 0 Å². The smallest absolute Gasteiger partial charge is 0.319 e. The fraction of sp³-hybridized carbons (Fsp3) is 0.278. The van der Waals surface area contributed by atoms with Crippen LogP contribution in [0.1, 0.15) is 24.8 Å². The van der Waals surface area contributed by atoms with E-state index in [4.69, 9.17) is 11.6 Å². The van der Waals surface area contributed by atoms with Crippen molar-refractivity contribution >= 4 is 23.3 Å². The number of hydrogen-bond donors (Lipinski definition) is 2. The van der Waals surface area contributed by atoms with Gasteiger partial charge < -0.3 is 10.6 Å². The van der Waals surface area contributed by atoms with E-state index in [1.807, 2.05) is 12.1 Å². The number of carbonyl (C=O) groups excluding carboxylic acids is 1. The highest BCUT2D eigenvalue weighted by Gasteiger charge is 2.38. The summed E-state index contributed by atoms with van der Waals surface area (Å²) in [5.74, 6) is -1.60.